The number of nitrogens with one attached hydrogen (secondary N) is 1. The zero-order chi connectivity index (χ0) is 25.2. The van der Waals surface area contributed by atoms with Crippen LogP contribution in [0, 0.1) is 6.92 Å². The van der Waals surface area contributed by atoms with Crippen LogP contribution in [0.4, 0.5) is 19.1 Å². The first kappa shape index (κ1) is 24.1. The van der Waals surface area contributed by atoms with Crippen molar-refractivity contribution in [2.75, 3.05) is 19.0 Å². The van der Waals surface area contributed by atoms with Crippen LogP contribution in [0.25, 0.3) is 16.8 Å². The second kappa shape index (κ2) is 9.71. The summed E-state index contributed by atoms with van der Waals surface area (Å²) in [6, 6.07) is 13.9. The quantitative estimate of drug-likeness (QED) is 0.354. The molecular weight excluding hydrogens is 489 g/mol. The Hall–Kier alpha value is -3.99. The summed E-state index contributed by atoms with van der Waals surface area (Å²) in [4.78, 5) is 12.6. The molecule has 0 atom stereocenters. The van der Waals surface area contributed by atoms with E-state index >= 15 is 0 Å². The molecule has 35 heavy (non-hydrogen) atoms. The third kappa shape index (κ3) is 5.24. The number of amides is 1. The third-order valence-corrected chi connectivity index (χ3v) is 5.21. The molecule has 0 saturated carbocycles. The highest BCUT2D eigenvalue weighted by Gasteiger charge is 2.36. The summed E-state index contributed by atoms with van der Waals surface area (Å²) in [5.41, 5.74) is 0.750. The van der Waals surface area contributed by atoms with Crippen LogP contribution in [-0.2, 0) is 11.0 Å². The number of ether oxygens (including phenoxy) is 2. The van der Waals surface area contributed by atoms with Crippen LogP contribution in [0.1, 0.15) is 11.4 Å². The van der Waals surface area contributed by atoms with Crippen molar-refractivity contribution in [3.05, 3.63) is 71.0 Å². The molecule has 0 bridgehead atoms. The van der Waals surface area contributed by atoms with Gasteiger partial charge < -0.3 is 14.0 Å². The topological polar surface area (TPSA) is 91.4 Å². The lowest BCUT2D eigenvalue weighted by Gasteiger charge is -2.10. The van der Waals surface area contributed by atoms with Gasteiger partial charge in [-0.25, -0.2) is 0 Å². The van der Waals surface area contributed by atoms with Gasteiger partial charge in [0.25, 0.3) is 5.91 Å². The maximum atomic E-state index is 13.3. The fraction of sp³-hybridized carbons (Fsp3) is 0.174. The van der Waals surface area contributed by atoms with Crippen molar-refractivity contribution >= 4 is 23.4 Å². The average Bonchev–Trinajstić information content (AvgIpc) is 3.42. The first-order valence-corrected chi connectivity index (χ1v) is 10.5. The van der Waals surface area contributed by atoms with E-state index in [1.165, 1.54) is 12.1 Å². The van der Waals surface area contributed by atoms with Crippen LogP contribution in [0.2, 0.25) is 5.02 Å². The van der Waals surface area contributed by atoms with E-state index in [1.54, 1.807) is 50.4 Å². The van der Waals surface area contributed by atoms with E-state index in [4.69, 9.17) is 25.6 Å². The number of anilines is 1. The molecule has 0 aliphatic rings. The van der Waals surface area contributed by atoms with Crippen LogP contribution in [0.5, 0.6) is 11.6 Å². The Balaban J connectivity index is 1.54. The fourth-order valence-electron chi connectivity index (χ4n) is 3.26. The lowest BCUT2D eigenvalue weighted by Crippen LogP contribution is -2.21. The molecule has 0 aliphatic heterocycles. The van der Waals surface area contributed by atoms with Crippen molar-refractivity contribution in [3.8, 4) is 28.4 Å². The van der Waals surface area contributed by atoms with Gasteiger partial charge in [0, 0.05) is 6.07 Å². The lowest BCUT2D eigenvalue weighted by atomic mass is 10.1. The molecule has 1 amide bonds. The van der Waals surface area contributed by atoms with Crippen LogP contribution < -0.4 is 14.8 Å². The Morgan fingerprint density at radius 2 is 1.89 bits per heavy atom. The highest BCUT2D eigenvalue weighted by atomic mass is 35.5. The van der Waals surface area contributed by atoms with Gasteiger partial charge in [0.05, 0.1) is 29.1 Å². The Labute approximate surface area is 202 Å². The number of benzene rings is 2. The lowest BCUT2D eigenvalue weighted by molar-refractivity contribution is -0.141. The van der Waals surface area contributed by atoms with Gasteiger partial charge in [0.15, 0.2) is 12.3 Å². The van der Waals surface area contributed by atoms with E-state index in [0.29, 0.717) is 28.6 Å². The number of rotatable bonds is 7. The van der Waals surface area contributed by atoms with Crippen LogP contribution in [-0.4, -0.2) is 34.6 Å². The Bertz CT molecular complexity index is 1350. The molecule has 1 N–H and O–H groups in total. The number of hydrogen-bond acceptors (Lipinski definition) is 6. The minimum absolute atomic E-state index is 0.0665. The first-order valence-electron chi connectivity index (χ1n) is 10.1. The number of halogens is 4. The normalized spacial score (nSPS) is 11.4. The average molecular weight is 507 g/mol. The molecule has 0 fully saturated rings. The number of alkyl halides is 3. The van der Waals surface area contributed by atoms with Gasteiger partial charge in [0.2, 0.25) is 11.8 Å². The van der Waals surface area contributed by atoms with Gasteiger partial charge in [-0.05, 0) is 36.8 Å². The van der Waals surface area contributed by atoms with Crippen molar-refractivity contribution in [2.24, 2.45) is 0 Å². The van der Waals surface area contributed by atoms with Gasteiger partial charge in [-0.1, -0.05) is 41.0 Å². The summed E-state index contributed by atoms with van der Waals surface area (Å²) in [5.74, 6) is -0.284. The maximum absolute atomic E-state index is 13.3. The summed E-state index contributed by atoms with van der Waals surface area (Å²) in [6.45, 7) is 1.07. The number of aryl methyl sites for hydroxylation is 1. The van der Waals surface area contributed by atoms with Crippen molar-refractivity contribution < 1.29 is 32.0 Å². The molecule has 182 valence electrons. The summed E-state index contributed by atoms with van der Waals surface area (Å²) < 4.78 is 56.5. The number of aromatic nitrogens is 3. The molecule has 0 saturated heterocycles. The van der Waals surface area contributed by atoms with E-state index in [1.807, 2.05) is 0 Å². The third-order valence-electron chi connectivity index (χ3n) is 4.89. The summed E-state index contributed by atoms with van der Waals surface area (Å²) in [7, 11) is 1.54. The number of carbonyl (C=O) groups excluding carboxylic acids is 1. The maximum Gasteiger partial charge on any atom is 0.435 e. The number of nitrogens with zero attached hydrogens (tertiary/aromatic N) is 3. The van der Waals surface area contributed by atoms with Crippen LogP contribution in [0.3, 0.4) is 0 Å². The van der Waals surface area contributed by atoms with Gasteiger partial charge >= 0.3 is 6.18 Å². The van der Waals surface area contributed by atoms with E-state index in [9.17, 15) is 18.0 Å². The van der Waals surface area contributed by atoms with Crippen molar-refractivity contribution in [3.63, 3.8) is 0 Å². The van der Waals surface area contributed by atoms with E-state index in [2.05, 4.69) is 15.6 Å². The van der Waals surface area contributed by atoms with E-state index < -0.39 is 24.4 Å². The molecule has 4 aromatic rings. The Morgan fingerprint density at radius 1 is 1.17 bits per heavy atom. The highest BCUT2D eigenvalue weighted by Crippen LogP contribution is 2.34. The number of hydrogen-bond donors (Lipinski definition) is 1. The fourth-order valence-corrected chi connectivity index (χ4v) is 3.47. The SMILES string of the molecule is COc1ccc(-c2c(C)noc2NC(=O)COc2cc(C(F)(F)F)nn2-c2ccccc2Cl)cc1. The summed E-state index contributed by atoms with van der Waals surface area (Å²) >= 11 is 6.12. The summed E-state index contributed by atoms with van der Waals surface area (Å²) in [6.07, 6.45) is -4.72. The number of methoxy groups -OCH3 is 1. The monoisotopic (exact) mass is 506 g/mol. The molecule has 2 aromatic heterocycles. The van der Waals surface area contributed by atoms with Gasteiger partial charge in [0.1, 0.15) is 5.75 Å². The van der Waals surface area contributed by atoms with Crippen molar-refractivity contribution in [2.45, 2.75) is 13.1 Å². The largest absolute Gasteiger partial charge is 0.497 e. The molecular formula is C23H18ClF3N4O4. The molecule has 0 spiro atoms. The van der Waals surface area contributed by atoms with E-state index in [0.717, 1.165) is 4.68 Å². The zero-order valence-electron chi connectivity index (χ0n) is 18.4. The van der Waals surface area contributed by atoms with Crippen molar-refractivity contribution in [1.82, 2.24) is 14.9 Å². The molecule has 2 aromatic carbocycles. The molecule has 4 rings (SSSR count). The second-order valence-electron chi connectivity index (χ2n) is 7.27. The first-order chi connectivity index (χ1) is 16.7. The van der Waals surface area contributed by atoms with Crippen molar-refractivity contribution in [1.29, 1.82) is 0 Å². The predicted octanol–water partition coefficient (Wildman–Crippen LogP) is 5.53. The number of para-hydroxylation sites is 1. The Kier molecular flexibility index (Phi) is 6.70. The molecule has 0 unspecified atom stereocenters. The smallest absolute Gasteiger partial charge is 0.435 e. The minimum atomic E-state index is -4.72. The minimum Gasteiger partial charge on any atom is -0.497 e. The summed E-state index contributed by atoms with van der Waals surface area (Å²) in [5, 5.41) is 10.1. The van der Waals surface area contributed by atoms with Crippen LogP contribution in [0.15, 0.2) is 59.1 Å². The molecule has 2 heterocycles. The second-order valence-corrected chi connectivity index (χ2v) is 7.67. The molecule has 0 aliphatic carbocycles. The molecule has 0 radical (unpaired) electrons. The van der Waals surface area contributed by atoms with E-state index in [-0.39, 0.29) is 22.5 Å². The molecule has 8 nitrogen and oxygen atoms in total. The standard InChI is InChI=1S/C23H18ClF3N4O4/c1-13-21(14-7-9-15(33-2)10-8-14)22(35-30-13)28-19(32)12-34-20-11-18(23(25,26)27)29-31(20)17-6-4-3-5-16(17)24/h3-11H,12H2,1-2H3,(H,28,32). The highest BCUT2D eigenvalue weighted by molar-refractivity contribution is 6.32. The van der Waals surface area contributed by atoms with Gasteiger partial charge in [-0.15, -0.1) is 0 Å². The van der Waals surface area contributed by atoms with Gasteiger partial charge in [-0.3, -0.25) is 10.1 Å². The van der Waals surface area contributed by atoms with Gasteiger partial charge in [-0.2, -0.15) is 23.0 Å². The Morgan fingerprint density at radius 3 is 2.54 bits per heavy atom. The zero-order valence-corrected chi connectivity index (χ0v) is 19.1. The number of carbonyl (C=O) groups is 1. The predicted molar refractivity (Wildman–Crippen MR) is 121 cm³/mol. The van der Waals surface area contributed by atoms with Crippen LogP contribution >= 0.6 is 11.6 Å². The molecule has 12 heteroatoms.